The Hall–Kier alpha value is -2.17. The molecule has 32 heavy (non-hydrogen) atoms. The molecule has 3 nitrogen and oxygen atoms in total. The predicted molar refractivity (Wildman–Crippen MR) is 133 cm³/mol. The van der Waals surface area contributed by atoms with Crippen molar-refractivity contribution in [2.24, 2.45) is 0 Å². The first kappa shape index (κ1) is 21.7. The molecule has 4 heteroatoms. The largest absolute Gasteiger partial charge is 0.508 e. The van der Waals surface area contributed by atoms with Crippen LogP contribution in [0.2, 0.25) is 0 Å². The summed E-state index contributed by atoms with van der Waals surface area (Å²) in [5, 5.41) is 11.0. The number of hydrogen-bond donors (Lipinski definition) is 1. The molecule has 1 N–H and O–H groups in total. The number of benzene rings is 2. The first-order valence-corrected chi connectivity index (χ1v) is 13.1. The lowest BCUT2D eigenvalue weighted by molar-refractivity contribution is 0.103. The van der Waals surface area contributed by atoms with Gasteiger partial charge in [-0.15, -0.1) is 11.3 Å². The van der Waals surface area contributed by atoms with Crippen LogP contribution in [0.5, 0.6) is 5.75 Å². The molecule has 0 amide bonds. The van der Waals surface area contributed by atoms with Gasteiger partial charge in [-0.2, -0.15) is 0 Å². The summed E-state index contributed by atoms with van der Waals surface area (Å²) in [5.74, 6) is 0.865. The van der Waals surface area contributed by atoms with Gasteiger partial charge >= 0.3 is 0 Å². The van der Waals surface area contributed by atoms with Gasteiger partial charge in [-0.3, -0.25) is 4.79 Å². The Morgan fingerprint density at radius 1 is 0.969 bits per heavy atom. The number of aryl methyl sites for hydroxylation is 1. The smallest absolute Gasteiger partial charge is 0.194 e. The van der Waals surface area contributed by atoms with Crippen LogP contribution in [0.1, 0.15) is 83.6 Å². The topological polar surface area (TPSA) is 40.5 Å². The van der Waals surface area contributed by atoms with E-state index in [-0.39, 0.29) is 11.5 Å². The molecule has 1 aliphatic carbocycles. The lowest BCUT2D eigenvalue weighted by Gasteiger charge is -2.21. The van der Waals surface area contributed by atoms with E-state index in [9.17, 15) is 9.90 Å². The van der Waals surface area contributed by atoms with Crippen LogP contribution in [0, 0.1) is 0 Å². The van der Waals surface area contributed by atoms with Crippen molar-refractivity contribution in [1.82, 2.24) is 4.90 Å². The van der Waals surface area contributed by atoms with Crippen molar-refractivity contribution in [3.8, 4) is 5.75 Å². The summed E-state index contributed by atoms with van der Waals surface area (Å²) in [7, 11) is 0. The zero-order valence-electron chi connectivity index (χ0n) is 18.8. The molecule has 2 fully saturated rings. The van der Waals surface area contributed by atoms with E-state index in [4.69, 9.17) is 0 Å². The third kappa shape index (κ3) is 4.62. The van der Waals surface area contributed by atoms with E-state index in [1.54, 1.807) is 17.4 Å². The van der Waals surface area contributed by atoms with E-state index in [1.165, 1.54) is 68.6 Å². The fourth-order valence-corrected chi connectivity index (χ4v) is 6.87. The highest BCUT2D eigenvalue weighted by Gasteiger charge is 2.27. The number of hydrogen-bond acceptors (Lipinski definition) is 4. The van der Waals surface area contributed by atoms with E-state index < -0.39 is 0 Å². The van der Waals surface area contributed by atoms with Gasteiger partial charge < -0.3 is 10.0 Å². The van der Waals surface area contributed by atoms with Gasteiger partial charge in [0.05, 0.1) is 0 Å². The SMILES string of the molecule is O=C(c1ccc(CCCN2CCCC2)cc1)c1c(C2CCCCC2)sc2cc(O)ccc12. The van der Waals surface area contributed by atoms with Crippen LogP contribution >= 0.6 is 11.3 Å². The molecule has 2 aliphatic rings. The highest BCUT2D eigenvalue weighted by atomic mass is 32.1. The number of phenols is 1. The van der Waals surface area contributed by atoms with Gasteiger partial charge in [0, 0.05) is 26.1 Å². The van der Waals surface area contributed by atoms with Crippen molar-refractivity contribution >= 4 is 27.2 Å². The minimum absolute atomic E-state index is 0.131. The van der Waals surface area contributed by atoms with E-state index in [2.05, 4.69) is 17.0 Å². The molecular weight excluding hydrogens is 414 g/mol. The quantitative estimate of drug-likeness (QED) is 0.400. The highest BCUT2D eigenvalue weighted by molar-refractivity contribution is 7.19. The summed E-state index contributed by atoms with van der Waals surface area (Å²) in [6.07, 6.45) is 11.0. The van der Waals surface area contributed by atoms with E-state index in [0.717, 1.165) is 40.5 Å². The number of phenolic OH excluding ortho intramolecular Hbond substituents is 1. The molecule has 2 aromatic carbocycles. The molecule has 0 radical (unpaired) electrons. The Morgan fingerprint density at radius 2 is 1.72 bits per heavy atom. The average molecular weight is 448 g/mol. The average Bonchev–Trinajstić information content (AvgIpc) is 3.47. The Bertz CT molecular complexity index is 1070. The molecule has 168 valence electrons. The predicted octanol–water partition coefficient (Wildman–Crippen LogP) is 6.91. The molecule has 5 rings (SSSR count). The van der Waals surface area contributed by atoms with E-state index >= 15 is 0 Å². The van der Waals surface area contributed by atoms with E-state index in [1.807, 2.05) is 24.3 Å². The normalized spacial score (nSPS) is 17.9. The number of nitrogens with zero attached hydrogens (tertiary/aromatic N) is 1. The molecule has 0 atom stereocenters. The zero-order valence-corrected chi connectivity index (χ0v) is 19.6. The van der Waals surface area contributed by atoms with Crippen LogP contribution < -0.4 is 0 Å². The van der Waals surface area contributed by atoms with Crippen LogP contribution in [0.4, 0.5) is 0 Å². The second-order valence-electron chi connectivity index (χ2n) is 9.54. The molecule has 3 aromatic rings. The summed E-state index contributed by atoms with van der Waals surface area (Å²) >= 11 is 1.71. The number of aromatic hydroxyl groups is 1. The minimum atomic E-state index is 0.131. The van der Waals surface area contributed by atoms with Crippen molar-refractivity contribution in [3.63, 3.8) is 0 Å². The third-order valence-electron chi connectivity index (χ3n) is 7.26. The van der Waals surface area contributed by atoms with Crippen LogP contribution in [0.15, 0.2) is 42.5 Å². The van der Waals surface area contributed by atoms with Gasteiger partial charge in [-0.05, 0) is 87.8 Å². The van der Waals surface area contributed by atoms with Crippen molar-refractivity contribution in [3.05, 3.63) is 64.0 Å². The zero-order chi connectivity index (χ0) is 21.9. The Balaban J connectivity index is 1.37. The first-order valence-electron chi connectivity index (χ1n) is 12.3. The monoisotopic (exact) mass is 447 g/mol. The lowest BCUT2D eigenvalue weighted by atomic mass is 9.85. The first-order chi connectivity index (χ1) is 15.7. The van der Waals surface area contributed by atoms with Crippen LogP contribution in [-0.4, -0.2) is 35.4 Å². The van der Waals surface area contributed by atoms with Gasteiger partial charge in [0.25, 0.3) is 0 Å². The molecule has 1 saturated heterocycles. The van der Waals surface area contributed by atoms with Gasteiger partial charge in [-0.25, -0.2) is 0 Å². The van der Waals surface area contributed by atoms with Gasteiger partial charge in [-0.1, -0.05) is 43.5 Å². The second-order valence-corrected chi connectivity index (χ2v) is 10.6. The lowest BCUT2D eigenvalue weighted by Crippen LogP contribution is -2.20. The van der Waals surface area contributed by atoms with Gasteiger partial charge in [0.15, 0.2) is 5.78 Å². The van der Waals surface area contributed by atoms with E-state index in [0.29, 0.717) is 5.92 Å². The summed E-state index contributed by atoms with van der Waals surface area (Å²) in [5.41, 5.74) is 2.96. The maximum Gasteiger partial charge on any atom is 0.194 e. The fourth-order valence-electron chi connectivity index (χ4n) is 5.47. The standard InChI is InChI=1S/C28H33NO2S/c30-23-14-15-24-25(19-23)32-28(22-8-2-1-3-9-22)26(24)27(31)21-12-10-20(11-13-21)7-6-18-29-16-4-5-17-29/h10-15,19,22,30H,1-9,16-18H2. The number of fused-ring (bicyclic) bond motifs is 1. The van der Waals surface area contributed by atoms with Crippen molar-refractivity contribution in [1.29, 1.82) is 0 Å². The Labute approximate surface area is 195 Å². The number of carbonyl (C=O) groups excluding carboxylic acids is 1. The van der Waals surface area contributed by atoms with Crippen molar-refractivity contribution in [2.75, 3.05) is 19.6 Å². The van der Waals surface area contributed by atoms with Crippen LogP contribution in [0.3, 0.4) is 0 Å². The van der Waals surface area contributed by atoms with Gasteiger partial charge in [0.2, 0.25) is 0 Å². The number of likely N-dealkylation sites (tertiary alicyclic amines) is 1. The Kier molecular flexibility index (Phi) is 6.61. The maximum absolute atomic E-state index is 13.7. The number of rotatable bonds is 7. The minimum Gasteiger partial charge on any atom is -0.508 e. The van der Waals surface area contributed by atoms with Crippen LogP contribution in [-0.2, 0) is 6.42 Å². The number of thiophene rings is 1. The van der Waals surface area contributed by atoms with Crippen molar-refractivity contribution in [2.45, 2.75) is 63.7 Å². The molecule has 1 aromatic heterocycles. The molecule has 1 aliphatic heterocycles. The molecule has 0 bridgehead atoms. The fraction of sp³-hybridized carbons (Fsp3) is 0.464. The van der Waals surface area contributed by atoms with Crippen molar-refractivity contribution < 1.29 is 9.90 Å². The number of ketones is 1. The summed E-state index contributed by atoms with van der Waals surface area (Å²) < 4.78 is 1.02. The maximum atomic E-state index is 13.7. The molecular formula is C28H33NO2S. The molecule has 2 heterocycles. The van der Waals surface area contributed by atoms with Crippen LogP contribution in [0.25, 0.3) is 10.1 Å². The number of carbonyl (C=O) groups is 1. The molecule has 0 unspecified atom stereocenters. The van der Waals surface area contributed by atoms with Gasteiger partial charge in [0.1, 0.15) is 5.75 Å². The summed E-state index contributed by atoms with van der Waals surface area (Å²) in [4.78, 5) is 17.5. The summed E-state index contributed by atoms with van der Waals surface area (Å²) in [6, 6.07) is 13.7. The molecule has 1 saturated carbocycles. The second kappa shape index (κ2) is 9.76. The third-order valence-corrected chi connectivity index (χ3v) is 8.57. The molecule has 0 spiro atoms. The Morgan fingerprint density at radius 3 is 2.47 bits per heavy atom. The highest BCUT2D eigenvalue weighted by Crippen LogP contribution is 2.43. The summed E-state index contributed by atoms with van der Waals surface area (Å²) in [6.45, 7) is 3.69.